The van der Waals surface area contributed by atoms with Gasteiger partial charge in [0.05, 0.1) is 41.9 Å². The number of imide groups is 1. The minimum atomic E-state index is -4.56. The van der Waals surface area contributed by atoms with Gasteiger partial charge in [0.2, 0.25) is 11.8 Å². The molecule has 1 aromatic rings. The lowest BCUT2D eigenvalue weighted by Gasteiger charge is -2.19. The highest BCUT2D eigenvalue weighted by molar-refractivity contribution is 6.23. The summed E-state index contributed by atoms with van der Waals surface area (Å²) in [6.45, 7) is -0.282. The normalized spacial score (nSPS) is 31.7. The maximum absolute atomic E-state index is 12.9. The molecular weight excluding hydrogens is 327 g/mol. The van der Waals surface area contributed by atoms with Crippen LogP contribution in [0.2, 0.25) is 0 Å². The minimum absolute atomic E-state index is 0.0980. The van der Waals surface area contributed by atoms with E-state index in [-0.39, 0.29) is 12.3 Å². The Morgan fingerprint density at radius 3 is 2.54 bits per heavy atom. The lowest BCUT2D eigenvalue weighted by molar-refractivity contribution is -0.137. The van der Waals surface area contributed by atoms with Gasteiger partial charge >= 0.3 is 6.18 Å². The molecule has 0 saturated carbocycles. The number of hydrogen-bond acceptors (Lipinski definition) is 4. The van der Waals surface area contributed by atoms with Gasteiger partial charge in [-0.05, 0) is 23.8 Å². The molecule has 126 valence electrons. The van der Waals surface area contributed by atoms with Gasteiger partial charge in [0, 0.05) is 0 Å². The molecule has 2 amide bonds. The first kappa shape index (κ1) is 15.3. The van der Waals surface area contributed by atoms with Crippen molar-refractivity contribution in [3.8, 4) is 0 Å². The van der Waals surface area contributed by atoms with Crippen molar-refractivity contribution < 1.29 is 32.6 Å². The number of carbonyl (C=O) groups excluding carboxylic acids is 2. The van der Waals surface area contributed by atoms with Gasteiger partial charge in [-0.3, -0.25) is 9.59 Å². The third kappa shape index (κ3) is 1.96. The highest BCUT2D eigenvalue weighted by Gasteiger charge is 2.63. The zero-order valence-corrected chi connectivity index (χ0v) is 12.2. The standard InChI is InChI=1S/C16H12F3NO4/c17-16(18,19)8-2-1-3-9(5-8)20-14(22)11-10-4-7(6-21)13(24-10)12(11)15(20)23/h1-5,10-13,21H,6H2/t10-,11+,12+,13+/m0/s1. The number of alkyl halides is 3. The molecule has 0 spiro atoms. The molecule has 4 rings (SSSR count). The first-order valence-corrected chi connectivity index (χ1v) is 7.35. The van der Waals surface area contributed by atoms with E-state index in [4.69, 9.17) is 4.74 Å². The molecule has 2 saturated heterocycles. The van der Waals surface area contributed by atoms with E-state index in [1.54, 1.807) is 6.08 Å². The fourth-order valence-electron chi connectivity index (χ4n) is 3.70. The maximum atomic E-state index is 12.9. The molecule has 0 radical (unpaired) electrons. The van der Waals surface area contributed by atoms with E-state index in [1.165, 1.54) is 6.07 Å². The number of halogens is 3. The molecule has 0 unspecified atom stereocenters. The summed E-state index contributed by atoms with van der Waals surface area (Å²) in [5.74, 6) is -2.68. The number of aliphatic hydroxyl groups is 1. The number of benzene rings is 1. The van der Waals surface area contributed by atoms with Crippen molar-refractivity contribution in [1.29, 1.82) is 0 Å². The SMILES string of the molecule is O=C1[C@@H]2[C@H](C(=O)N1c1cccc(C(F)(F)F)c1)[C@@H]1C=C(CO)[C@H]2O1. The third-order valence-electron chi connectivity index (χ3n) is 4.74. The van der Waals surface area contributed by atoms with Crippen LogP contribution < -0.4 is 4.90 Å². The van der Waals surface area contributed by atoms with Crippen LogP contribution in [0.5, 0.6) is 0 Å². The molecule has 3 aliphatic rings. The summed E-state index contributed by atoms with van der Waals surface area (Å²) in [7, 11) is 0. The second kappa shape index (κ2) is 4.90. The largest absolute Gasteiger partial charge is 0.416 e. The monoisotopic (exact) mass is 339 g/mol. The number of rotatable bonds is 2. The van der Waals surface area contributed by atoms with Gasteiger partial charge in [-0.1, -0.05) is 12.1 Å². The van der Waals surface area contributed by atoms with E-state index in [9.17, 15) is 27.9 Å². The lowest BCUT2D eigenvalue weighted by Crippen LogP contribution is -2.35. The van der Waals surface area contributed by atoms with E-state index in [0.29, 0.717) is 5.57 Å². The molecule has 5 nitrogen and oxygen atoms in total. The molecule has 2 bridgehead atoms. The first-order valence-electron chi connectivity index (χ1n) is 7.35. The number of carbonyl (C=O) groups is 2. The van der Waals surface area contributed by atoms with E-state index in [1.807, 2.05) is 0 Å². The number of ether oxygens (including phenoxy) is 1. The van der Waals surface area contributed by atoms with Crippen molar-refractivity contribution in [1.82, 2.24) is 0 Å². The van der Waals surface area contributed by atoms with Gasteiger partial charge in [0.25, 0.3) is 0 Å². The van der Waals surface area contributed by atoms with Crippen LogP contribution in [0.4, 0.5) is 18.9 Å². The van der Waals surface area contributed by atoms with Gasteiger partial charge in [0.1, 0.15) is 0 Å². The van der Waals surface area contributed by atoms with Crippen LogP contribution in [0.3, 0.4) is 0 Å². The Labute approximate surface area is 134 Å². The summed E-state index contributed by atoms with van der Waals surface area (Å²) in [5, 5.41) is 9.29. The predicted molar refractivity (Wildman–Crippen MR) is 74.7 cm³/mol. The fourth-order valence-corrected chi connectivity index (χ4v) is 3.70. The molecular formula is C16H12F3NO4. The summed E-state index contributed by atoms with van der Waals surface area (Å²) < 4.78 is 44.1. The average molecular weight is 339 g/mol. The molecule has 3 heterocycles. The Hall–Kier alpha value is -2.19. The number of nitrogens with zero attached hydrogens (tertiary/aromatic N) is 1. The smallest absolute Gasteiger partial charge is 0.392 e. The van der Waals surface area contributed by atoms with Crippen LogP contribution in [0, 0.1) is 11.8 Å². The van der Waals surface area contributed by atoms with Crippen molar-refractivity contribution >= 4 is 17.5 Å². The first-order chi connectivity index (χ1) is 11.3. The Kier molecular flexibility index (Phi) is 3.14. The van der Waals surface area contributed by atoms with Crippen molar-refractivity contribution in [2.75, 3.05) is 11.5 Å². The molecule has 1 aromatic carbocycles. The van der Waals surface area contributed by atoms with Crippen molar-refractivity contribution in [3.05, 3.63) is 41.5 Å². The second-order valence-electron chi connectivity index (χ2n) is 6.03. The van der Waals surface area contributed by atoms with Gasteiger partial charge in [-0.25, -0.2) is 4.90 Å². The molecule has 1 N–H and O–H groups in total. The summed E-state index contributed by atoms with van der Waals surface area (Å²) in [6, 6.07) is 4.14. The van der Waals surface area contributed by atoms with Crippen LogP contribution in [-0.2, 0) is 20.5 Å². The Balaban J connectivity index is 1.71. The van der Waals surface area contributed by atoms with E-state index in [0.717, 1.165) is 23.1 Å². The van der Waals surface area contributed by atoms with Gasteiger partial charge < -0.3 is 9.84 Å². The zero-order valence-electron chi connectivity index (χ0n) is 12.2. The van der Waals surface area contributed by atoms with Crippen LogP contribution in [0.25, 0.3) is 0 Å². The molecule has 2 fully saturated rings. The topological polar surface area (TPSA) is 66.8 Å². The molecule has 3 aliphatic heterocycles. The Morgan fingerprint density at radius 2 is 1.88 bits per heavy atom. The lowest BCUT2D eigenvalue weighted by atomic mass is 9.81. The average Bonchev–Trinajstić information content (AvgIpc) is 3.18. The highest BCUT2D eigenvalue weighted by Crippen LogP contribution is 2.49. The van der Waals surface area contributed by atoms with Crippen molar-refractivity contribution in [2.45, 2.75) is 18.4 Å². The highest BCUT2D eigenvalue weighted by atomic mass is 19.4. The maximum Gasteiger partial charge on any atom is 0.416 e. The Morgan fingerprint density at radius 1 is 1.17 bits per heavy atom. The second-order valence-corrected chi connectivity index (χ2v) is 6.03. The molecule has 24 heavy (non-hydrogen) atoms. The van der Waals surface area contributed by atoms with Gasteiger partial charge in [-0.15, -0.1) is 0 Å². The van der Waals surface area contributed by atoms with E-state index in [2.05, 4.69) is 0 Å². The van der Waals surface area contributed by atoms with E-state index >= 15 is 0 Å². The molecule has 4 atom stereocenters. The van der Waals surface area contributed by atoms with E-state index < -0.39 is 47.6 Å². The van der Waals surface area contributed by atoms with Crippen molar-refractivity contribution in [2.24, 2.45) is 11.8 Å². The molecule has 0 aliphatic carbocycles. The minimum Gasteiger partial charge on any atom is -0.392 e. The number of fused-ring (bicyclic) bond motifs is 5. The summed E-state index contributed by atoms with van der Waals surface area (Å²) in [6.07, 6.45) is -4.25. The number of hydrogen-bond donors (Lipinski definition) is 1. The Bertz CT molecular complexity index is 773. The summed E-state index contributed by atoms with van der Waals surface area (Å²) in [5.41, 5.74) is -0.487. The zero-order chi connectivity index (χ0) is 17.2. The van der Waals surface area contributed by atoms with Crippen LogP contribution >= 0.6 is 0 Å². The van der Waals surface area contributed by atoms with Gasteiger partial charge in [-0.2, -0.15) is 13.2 Å². The van der Waals surface area contributed by atoms with Crippen molar-refractivity contribution in [3.63, 3.8) is 0 Å². The molecule has 0 aromatic heterocycles. The number of amides is 2. The number of aliphatic hydroxyl groups excluding tert-OH is 1. The number of anilines is 1. The van der Waals surface area contributed by atoms with Crippen LogP contribution in [0.1, 0.15) is 5.56 Å². The quantitative estimate of drug-likeness (QED) is 0.655. The predicted octanol–water partition coefficient (Wildman–Crippen LogP) is 1.51. The van der Waals surface area contributed by atoms with Gasteiger partial charge in [0.15, 0.2) is 0 Å². The molecule has 8 heteroatoms. The fraction of sp³-hybridized carbons (Fsp3) is 0.375. The third-order valence-corrected chi connectivity index (χ3v) is 4.74. The van der Waals surface area contributed by atoms with Crippen LogP contribution in [0.15, 0.2) is 35.9 Å². The summed E-state index contributed by atoms with van der Waals surface area (Å²) >= 11 is 0. The summed E-state index contributed by atoms with van der Waals surface area (Å²) in [4.78, 5) is 26.0. The van der Waals surface area contributed by atoms with Crippen LogP contribution in [-0.4, -0.2) is 35.7 Å².